The maximum absolute atomic E-state index is 12.7. The predicted octanol–water partition coefficient (Wildman–Crippen LogP) is 4.95. The first-order valence-electron chi connectivity index (χ1n) is 8.14. The first-order chi connectivity index (χ1) is 12.0. The number of benzene rings is 2. The highest BCUT2D eigenvalue weighted by atomic mass is 32.2. The van der Waals surface area contributed by atoms with E-state index in [2.05, 4.69) is 4.36 Å². The molecule has 0 bridgehead atoms. The molecular weight excluding hydrogens is 350 g/mol. The van der Waals surface area contributed by atoms with Crippen LogP contribution in [0, 0.1) is 0 Å². The number of carbonyl (C=O) groups excluding carboxylic acids is 2. The molecule has 0 saturated carbocycles. The lowest BCUT2D eigenvalue weighted by Crippen LogP contribution is -2.22. The van der Waals surface area contributed by atoms with Crippen LogP contribution in [0.15, 0.2) is 57.8 Å². The van der Waals surface area contributed by atoms with Crippen LogP contribution in [0.25, 0.3) is 11.1 Å². The Morgan fingerprint density at radius 1 is 0.923 bits per heavy atom. The summed E-state index contributed by atoms with van der Waals surface area (Å²) in [6.07, 6.45) is 0.571. The first-order valence-corrected chi connectivity index (χ1v) is 10.1. The van der Waals surface area contributed by atoms with Gasteiger partial charge in [0, 0.05) is 16.7 Å². The fourth-order valence-corrected chi connectivity index (χ4v) is 3.34. The third kappa shape index (κ3) is 5.26. The summed E-state index contributed by atoms with van der Waals surface area (Å²) in [6.45, 7) is 6.70. The van der Waals surface area contributed by atoms with Crippen LogP contribution in [-0.4, -0.2) is 27.9 Å². The smallest absolute Gasteiger partial charge is 0.442 e. The minimum atomic E-state index is -2.89. The average molecular weight is 373 g/mol. The molecular formula is C20H23NO4S. The third-order valence-electron chi connectivity index (χ3n) is 3.56. The molecule has 1 unspecified atom stereocenters. The summed E-state index contributed by atoms with van der Waals surface area (Å²) in [7, 11) is -2.89. The number of hydrogen-bond acceptors (Lipinski definition) is 4. The van der Waals surface area contributed by atoms with Crippen molar-refractivity contribution in [3.8, 4) is 11.1 Å². The van der Waals surface area contributed by atoms with Gasteiger partial charge in [-0.3, -0.25) is 4.79 Å². The molecule has 2 aromatic rings. The van der Waals surface area contributed by atoms with Crippen LogP contribution in [0.4, 0.5) is 4.79 Å². The van der Waals surface area contributed by atoms with Gasteiger partial charge in [-0.15, -0.1) is 4.36 Å². The van der Waals surface area contributed by atoms with Crippen molar-refractivity contribution in [3.63, 3.8) is 0 Å². The molecule has 0 aliphatic carbocycles. The van der Waals surface area contributed by atoms with Gasteiger partial charge in [0.05, 0.1) is 9.73 Å². The van der Waals surface area contributed by atoms with E-state index in [1.165, 1.54) is 13.2 Å². The first kappa shape index (κ1) is 19.8. The molecule has 0 aromatic heterocycles. The summed E-state index contributed by atoms with van der Waals surface area (Å²) in [4.78, 5) is 23.6. The summed E-state index contributed by atoms with van der Waals surface area (Å²) in [6, 6.07) is 14.3. The van der Waals surface area contributed by atoms with E-state index in [0.29, 0.717) is 10.5 Å². The Hall–Kier alpha value is -2.47. The SMILES string of the molecule is CC(=O)c1ccc(-c2ccc(S(C)(=O)=NC(=O)OC(C)(C)C)cc2)cc1. The Balaban J connectivity index is 2.26. The zero-order valence-electron chi connectivity index (χ0n) is 15.6. The number of ether oxygens (including phenoxy) is 1. The van der Waals surface area contributed by atoms with Crippen LogP contribution in [0.2, 0.25) is 0 Å². The quantitative estimate of drug-likeness (QED) is 0.714. The second kappa shape index (κ2) is 7.41. The number of Topliss-reactive ketones (excluding diaryl/α,β-unsaturated/α-hetero) is 1. The molecule has 1 amide bonds. The molecule has 2 aromatic carbocycles. The highest BCUT2D eigenvalue weighted by Gasteiger charge is 2.18. The topological polar surface area (TPSA) is 72.8 Å². The summed E-state index contributed by atoms with van der Waals surface area (Å²) in [5.74, 6) is 0.0152. The lowest BCUT2D eigenvalue weighted by molar-refractivity contribution is 0.0607. The van der Waals surface area contributed by atoms with E-state index in [0.717, 1.165) is 11.1 Å². The van der Waals surface area contributed by atoms with Crippen molar-refractivity contribution in [3.05, 3.63) is 54.1 Å². The van der Waals surface area contributed by atoms with Gasteiger partial charge in [-0.2, -0.15) is 0 Å². The maximum Gasteiger partial charge on any atom is 0.442 e. The van der Waals surface area contributed by atoms with Gasteiger partial charge in [0.1, 0.15) is 5.60 Å². The van der Waals surface area contributed by atoms with Crippen molar-refractivity contribution >= 4 is 21.6 Å². The monoisotopic (exact) mass is 373 g/mol. The number of hydrogen-bond donors (Lipinski definition) is 0. The molecule has 1 atom stereocenters. The van der Waals surface area contributed by atoms with Gasteiger partial charge in [-0.05, 0) is 51.0 Å². The zero-order valence-corrected chi connectivity index (χ0v) is 16.4. The Kier molecular flexibility index (Phi) is 5.66. The van der Waals surface area contributed by atoms with Gasteiger partial charge in [0.25, 0.3) is 0 Å². The van der Waals surface area contributed by atoms with Gasteiger partial charge in [-0.1, -0.05) is 36.4 Å². The van der Waals surface area contributed by atoms with Gasteiger partial charge >= 0.3 is 6.09 Å². The molecule has 0 fully saturated rings. The number of amides is 1. The molecule has 5 nitrogen and oxygen atoms in total. The molecule has 0 heterocycles. The van der Waals surface area contributed by atoms with E-state index in [-0.39, 0.29) is 5.78 Å². The highest BCUT2D eigenvalue weighted by Crippen LogP contribution is 2.23. The summed E-state index contributed by atoms with van der Waals surface area (Å²) in [5.41, 5.74) is 1.81. The molecule has 0 saturated heterocycles. The Bertz CT molecular complexity index is 929. The number of ketones is 1. The van der Waals surface area contributed by atoms with Crippen molar-refractivity contribution in [2.75, 3.05) is 6.26 Å². The molecule has 0 aliphatic rings. The van der Waals surface area contributed by atoms with Gasteiger partial charge in [0.2, 0.25) is 0 Å². The number of nitrogens with zero attached hydrogens (tertiary/aromatic N) is 1. The maximum atomic E-state index is 12.7. The average Bonchev–Trinajstić information content (AvgIpc) is 2.52. The summed E-state index contributed by atoms with van der Waals surface area (Å²) >= 11 is 0. The van der Waals surface area contributed by atoms with Crippen molar-refractivity contribution < 1.29 is 18.5 Å². The molecule has 0 radical (unpaired) electrons. The Labute approximate surface area is 154 Å². The van der Waals surface area contributed by atoms with Gasteiger partial charge in [0.15, 0.2) is 5.78 Å². The van der Waals surface area contributed by atoms with Crippen LogP contribution in [0.5, 0.6) is 0 Å². The van der Waals surface area contributed by atoms with Crippen LogP contribution < -0.4 is 0 Å². The summed E-state index contributed by atoms with van der Waals surface area (Å²) in [5, 5.41) is 0. The van der Waals surface area contributed by atoms with Crippen molar-refractivity contribution in [1.82, 2.24) is 0 Å². The van der Waals surface area contributed by atoms with Crippen molar-refractivity contribution in [1.29, 1.82) is 0 Å². The molecule has 2 rings (SSSR count). The molecule has 26 heavy (non-hydrogen) atoms. The van der Waals surface area contributed by atoms with Gasteiger partial charge in [-0.25, -0.2) is 9.00 Å². The zero-order chi connectivity index (χ0) is 19.5. The van der Waals surface area contributed by atoms with Gasteiger partial charge < -0.3 is 4.74 Å². The Morgan fingerprint density at radius 3 is 1.81 bits per heavy atom. The van der Waals surface area contributed by atoms with E-state index >= 15 is 0 Å². The number of rotatable bonds is 3. The summed E-state index contributed by atoms with van der Waals surface area (Å²) < 4.78 is 21.6. The number of carbonyl (C=O) groups is 2. The second-order valence-electron chi connectivity index (χ2n) is 7.03. The Morgan fingerprint density at radius 2 is 1.38 bits per heavy atom. The van der Waals surface area contributed by atoms with Crippen molar-refractivity contribution in [2.24, 2.45) is 4.36 Å². The van der Waals surface area contributed by atoms with Crippen LogP contribution >= 0.6 is 0 Å². The second-order valence-corrected chi connectivity index (χ2v) is 9.29. The van der Waals surface area contributed by atoms with Crippen LogP contribution in [0.1, 0.15) is 38.1 Å². The largest absolute Gasteiger partial charge is 0.442 e. The van der Waals surface area contributed by atoms with E-state index in [4.69, 9.17) is 4.74 Å². The minimum Gasteiger partial charge on any atom is -0.442 e. The lowest BCUT2D eigenvalue weighted by Gasteiger charge is -2.17. The van der Waals surface area contributed by atoms with Crippen LogP contribution in [-0.2, 0) is 14.5 Å². The standard InChI is InChI=1S/C20H23NO4S/c1-14(22)15-6-8-16(9-7-15)17-10-12-18(13-11-17)26(5,24)21-19(23)25-20(2,3)4/h6-13H,1-5H3. The van der Waals surface area contributed by atoms with E-state index in [1.54, 1.807) is 45.0 Å². The van der Waals surface area contributed by atoms with E-state index < -0.39 is 21.4 Å². The molecule has 0 aliphatic heterocycles. The fourth-order valence-electron chi connectivity index (χ4n) is 2.27. The molecule has 0 spiro atoms. The minimum absolute atomic E-state index is 0.0152. The molecule has 138 valence electrons. The van der Waals surface area contributed by atoms with E-state index in [9.17, 15) is 13.8 Å². The highest BCUT2D eigenvalue weighted by molar-refractivity contribution is 7.93. The molecule has 6 heteroatoms. The van der Waals surface area contributed by atoms with Crippen molar-refractivity contribution in [2.45, 2.75) is 38.2 Å². The van der Waals surface area contributed by atoms with Crippen LogP contribution in [0.3, 0.4) is 0 Å². The molecule has 0 N–H and O–H groups in total. The predicted molar refractivity (Wildman–Crippen MR) is 103 cm³/mol. The van der Waals surface area contributed by atoms with E-state index in [1.807, 2.05) is 24.3 Å². The lowest BCUT2D eigenvalue weighted by atomic mass is 10.0. The fraction of sp³-hybridized carbons (Fsp3) is 0.300. The normalized spacial score (nSPS) is 13.6. The third-order valence-corrected chi connectivity index (χ3v) is 5.20.